The molecule has 12 heavy (non-hydrogen) atoms. The molecule has 2 saturated carbocycles. The van der Waals surface area contributed by atoms with Crippen LogP contribution in [0.5, 0.6) is 0 Å². The van der Waals surface area contributed by atoms with Crippen molar-refractivity contribution >= 4 is 5.97 Å². The minimum atomic E-state index is -0.257. The van der Waals surface area contributed by atoms with Crippen LogP contribution in [0.2, 0.25) is 0 Å². The molecule has 2 fully saturated rings. The van der Waals surface area contributed by atoms with Gasteiger partial charge in [-0.1, -0.05) is 0 Å². The normalized spacial score (nSPS) is 44.8. The second kappa shape index (κ2) is 2.73. The van der Waals surface area contributed by atoms with E-state index in [-0.39, 0.29) is 23.9 Å². The Morgan fingerprint density at radius 2 is 2.17 bits per heavy atom. The molecule has 0 aliphatic heterocycles. The number of hydrogen-bond donors (Lipinski definition) is 1. The SMILES string of the molecule is COC(=O)[C@H]1C[C@@H]2C[C@H]1[C@H](O)C2. The Morgan fingerprint density at radius 3 is 2.67 bits per heavy atom. The average Bonchev–Trinajstić information content (AvgIpc) is 2.60. The van der Waals surface area contributed by atoms with E-state index in [1.165, 1.54) is 7.11 Å². The van der Waals surface area contributed by atoms with Crippen molar-refractivity contribution in [2.24, 2.45) is 17.8 Å². The zero-order chi connectivity index (χ0) is 8.72. The third kappa shape index (κ3) is 1.04. The van der Waals surface area contributed by atoms with Crippen LogP contribution in [0.25, 0.3) is 0 Å². The lowest BCUT2D eigenvalue weighted by atomic mass is 9.87. The maximum Gasteiger partial charge on any atom is 0.309 e. The number of ether oxygens (including phenoxy) is 1. The molecular formula is C9H14O3. The molecule has 0 aromatic carbocycles. The molecule has 4 atom stereocenters. The Kier molecular flexibility index (Phi) is 1.83. The number of fused-ring (bicyclic) bond motifs is 2. The molecule has 2 bridgehead atoms. The maximum atomic E-state index is 11.2. The Morgan fingerprint density at radius 1 is 1.42 bits per heavy atom. The molecule has 3 nitrogen and oxygen atoms in total. The molecule has 2 rings (SSSR count). The molecule has 0 spiro atoms. The highest BCUT2D eigenvalue weighted by Crippen LogP contribution is 2.48. The van der Waals surface area contributed by atoms with Crippen LogP contribution in [0.15, 0.2) is 0 Å². The van der Waals surface area contributed by atoms with Gasteiger partial charge in [0.15, 0.2) is 0 Å². The molecular weight excluding hydrogens is 156 g/mol. The second-order valence-electron chi connectivity index (χ2n) is 3.93. The molecule has 1 N–H and O–H groups in total. The Bertz CT molecular complexity index is 202. The average molecular weight is 170 g/mol. The molecule has 0 heterocycles. The van der Waals surface area contributed by atoms with Crippen LogP contribution in [0.3, 0.4) is 0 Å². The highest BCUT2D eigenvalue weighted by Gasteiger charge is 2.48. The molecule has 0 aromatic rings. The van der Waals surface area contributed by atoms with Gasteiger partial charge in [0.2, 0.25) is 0 Å². The first-order valence-electron chi connectivity index (χ1n) is 4.48. The predicted molar refractivity (Wildman–Crippen MR) is 42.3 cm³/mol. The number of hydrogen-bond acceptors (Lipinski definition) is 3. The molecule has 0 amide bonds. The van der Waals surface area contributed by atoms with Crippen molar-refractivity contribution in [2.45, 2.75) is 25.4 Å². The van der Waals surface area contributed by atoms with Gasteiger partial charge in [-0.3, -0.25) is 4.79 Å². The van der Waals surface area contributed by atoms with Crippen LogP contribution in [-0.2, 0) is 9.53 Å². The van der Waals surface area contributed by atoms with Gasteiger partial charge in [0.1, 0.15) is 0 Å². The van der Waals surface area contributed by atoms with Gasteiger partial charge in [0.05, 0.1) is 19.1 Å². The van der Waals surface area contributed by atoms with Gasteiger partial charge in [0, 0.05) is 0 Å². The molecule has 0 aromatic heterocycles. The lowest BCUT2D eigenvalue weighted by Crippen LogP contribution is -2.30. The van der Waals surface area contributed by atoms with E-state index in [9.17, 15) is 9.90 Å². The molecule has 0 unspecified atom stereocenters. The van der Waals surface area contributed by atoms with Crippen LogP contribution in [0.1, 0.15) is 19.3 Å². The van der Waals surface area contributed by atoms with Crippen molar-refractivity contribution in [1.82, 2.24) is 0 Å². The molecule has 68 valence electrons. The zero-order valence-electron chi connectivity index (χ0n) is 7.19. The molecule has 2 aliphatic rings. The largest absolute Gasteiger partial charge is 0.469 e. The standard InChI is InChI=1S/C9H14O3/c1-12-9(11)7-3-5-2-6(7)8(10)4-5/h5-8,10H,2-4H2,1H3/t5-,6+,7-,8+/m0/s1. The summed E-state index contributed by atoms with van der Waals surface area (Å²) in [5, 5.41) is 9.53. The lowest BCUT2D eigenvalue weighted by Gasteiger charge is -2.23. The van der Waals surface area contributed by atoms with Gasteiger partial charge in [-0.15, -0.1) is 0 Å². The minimum Gasteiger partial charge on any atom is -0.469 e. The predicted octanol–water partition coefficient (Wildman–Crippen LogP) is 0.566. The lowest BCUT2D eigenvalue weighted by molar-refractivity contribution is -0.149. The summed E-state index contributed by atoms with van der Waals surface area (Å²) in [5.41, 5.74) is 0. The van der Waals surface area contributed by atoms with E-state index in [1.54, 1.807) is 0 Å². The summed E-state index contributed by atoms with van der Waals surface area (Å²) in [4.78, 5) is 11.2. The van der Waals surface area contributed by atoms with Crippen LogP contribution in [-0.4, -0.2) is 24.3 Å². The van der Waals surface area contributed by atoms with E-state index in [1.807, 2.05) is 0 Å². The number of carbonyl (C=O) groups excluding carboxylic acids is 1. The van der Waals surface area contributed by atoms with Crippen molar-refractivity contribution in [2.75, 3.05) is 7.11 Å². The van der Waals surface area contributed by atoms with Gasteiger partial charge in [0.25, 0.3) is 0 Å². The molecule has 3 heteroatoms. The van der Waals surface area contributed by atoms with E-state index in [0.29, 0.717) is 5.92 Å². The van der Waals surface area contributed by atoms with Crippen molar-refractivity contribution < 1.29 is 14.6 Å². The van der Waals surface area contributed by atoms with Crippen LogP contribution in [0.4, 0.5) is 0 Å². The minimum absolute atomic E-state index is 0.0243. The maximum absolute atomic E-state index is 11.2. The number of rotatable bonds is 1. The number of carbonyl (C=O) groups is 1. The first-order chi connectivity index (χ1) is 5.72. The van der Waals surface area contributed by atoms with Gasteiger partial charge < -0.3 is 9.84 Å². The fraction of sp³-hybridized carbons (Fsp3) is 0.889. The monoisotopic (exact) mass is 170 g/mol. The summed E-state index contributed by atoms with van der Waals surface area (Å²) in [6.45, 7) is 0. The van der Waals surface area contributed by atoms with Crippen molar-refractivity contribution in [3.8, 4) is 0 Å². The molecule has 0 saturated heterocycles. The van der Waals surface area contributed by atoms with Crippen LogP contribution < -0.4 is 0 Å². The summed E-state index contributed by atoms with van der Waals surface area (Å²) in [6.07, 6.45) is 2.57. The highest BCUT2D eigenvalue weighted by atomic mass is 16.5. The summed E-state index contributed by atoms with van der Waals surface area (Å²) in [5.74, 6) is 0.585. The fourth-order valence-corrected chi connectivity index (χ4v) is 2.74. The second-order valence-corrected chi connectivity index (χ2v) is 3.93. The third-order valence-corrected chi connectivity index (χ3v) is 3.28. The highest BCUT2D eigenvalue weighted by molar-refractivity contribution is 5.73. The Hall–Kier alpha value is -0.570. The molecule has 2 aliphatic carbocycles. The van der Waals surface area contributed by atoms with Gasteiger partial charge in [-0.05, 0) is 31.1 Å². The molecule has 0 radical (unpaired) electrons. The summed E-state index contributed by atoms with van der Waals surface area (Å²) in [7, 11) is 1.42. The van der Waals surface area contributed by atoms with Crippen molar-refractivity contribution in [1.29, 1.82) is 0 Å². The summed E-state index contributed by atoms with van der Waals surface area (Å²) in [6, 6.07) is 0. The van der Waals surface area contributed by atoms with E-state index < -0.39 is 0 Å². The Labute approximate surface area is 71.7 Å². The van der Waals surface area contributed by atoms with Gasteiger partial charge in [-0.2, -0.15) is 0 Å². The zero-order valence-corrected chi connectivity index (χ0v) is 7.19. The van der Waals surface area contributed by atoms with Gasteiger partial charge in [-0.25, -0.2) is 0 Å². The quantitative estimate of drug-likeness (QED) is 0.585. The summed E-state index contributed by atoms with van der Waals surface area (Å²) >= 11 is 0. The first kappa shape index (κ1) is 8.05. The van der Waals surface area contributed by atoms with Crippen LogP contribution in [0, 0.1) is 17.8 Å². The van der Waals surface area contributed by atoms with Crippen molar-refractivity contribution in [3.63, 3.8) is 0 Å². The Balaban J connectivity index is 2.07. The first-order valence-corrected chi connectivity index (χ1v) is 4.48. The van der Waals surface area contributed by atoms with E-state index in [0.717, 1.165) is 19.3 Å². The number of aliphatic hydroxyl groups is 1. The topological polar surface area (TPSA) is 46.5 Å². The fourth-order valence-electron chi connectivity index (χ4n) is 2.74. The van der Waals surface area contributed by atoms with E-state index in [4.69, 9.17) is 0 Å². The number of esters is 1. The van der Waals surface area contributed by atoms with Crippen LogP contribution >= 0.6 is 0 Å². The number of methoxy groups -OCH3 is 1. The van der Waals surface area contributed by atoms with Crippen molar-refractivity contribution in [3.05, 3.63) is 0 Å². The van der Waals surface area contributed by atoms with E-state index in [2.05, 4.69) is 4.74 Å². The smallest absolute Gasteiger partial charge is 0.309 e. The number of aliphatic hydroxyl groups excluding tert-OH is 1. The van der Waals surface area contributed by atoms with E-state index >= 15 is 0 Å². The van der Waals surface area contributed by atoms with Gasteiger partial charge >= 0.3 is 5.97 Å². The third-order valence-electron chi connectivity index (χ3n) is 3.28. The summed E-state index contributed by atoms with van der Waals surface area (Å²) < 4.78 is 4.69.